The highest BCUT2D eigenvalue weighted by atomic mass is 79.9. The van der Waals surface area contributed by atoms with Crippen molar-refractivity contribution in [2.24, 2.45) is 5.92 Å². The third-order valence-corrected chi connectivity index (χ3v) is 8.61. The zero-order chi connectivity index (χ0) is 31.3. The monoisotopic (exact) mass is 667 g/mol. The predicted octanol–water partition coefficient (Wildman–Crippen LogP) is 7.88. The molecule has 0 saturated carbocycles. The SMILES string of the molecule is CC(=O)OC(c1cc(Br)c(CCCCCCCCCCO)o1)C(Cc1ccccc1)C(=O)N1C(=O)OCC1c1ccccc1. The molecule has 3 unspecified atom stereocenters. The molecule has 1 fully saturated rings. The van der Waals surface area contributed by atoms with Crippen LogP contribution < -0.4 is 0 Å². The molecular formula is C35H42BrNO7. The van der Waals surface area contributed by atoms with E-state index >= 15 is 0 Å². The lowest BCUT2D eigenvalue weighted by Crippen LogP contribution is -2.42. The third-order valence-electron chi connectivity index (χ3n) is 7.94. The predicted molar refractivity (Wildman–Crippen MR) is 170 cm³/mol. The van der Waals surface area contributed by atoms with Crippen LogP contribution in [-0.4, -0.2) is 41.2 Å². The Balaban J connectivity index is 1.55. The highest BCUT2D eigenvalue weighted by molar-refractivity contribution is 9.10. The summed E-state index contributed by atoms with van der Waals surface area (Å²) in [6.07, 6.45) is 7.68. The zero-order valence-electron chi connectivity index (χ0n) is 25.3. The summed E-state index contributed by atoms with van der Waals surface area (Å²) in [5.74, 6) is -0.922. The first kappa shape index (κ1) is 33.5. The number of cyclic esters (lactones) is 1. The van der Waals surface area contributed by atoms with Crippen LogP contribution in [0.25, 0.3) is 0 Å². The Labute approximate surface area is 267 Å². The maximum absolute atomic E-state index is 14.4. The second-order valence-electron chi connectivity index (χ2n) is 11.3. The van der Waals surface area contributed by atoms with Crippen LogP contribution in [0.5, 0.6) is 0 Å². The minimum absolute atomic E-state index is 0.0456. The van der Waals surface area contributed by atoms with E-state index in [-0.39, 0.29) is 19.6 Å². The fourth-order valence-electron chi connectivity index (χ4n) is 5.67. The summed E-state index contributed by atoms with van der Waals surface area (Å²) >= 11 is 3.61. The number of unbranched alkanes of at least 4 members (excludes halogenated alkanes) is 7. The average molecular weight is 669 g/mol. The van der Waals surface area contributed by atoms with Crippen molar-refractivity contribution >= 4 is 33.9 Å². The Kier molecular flexibility index (Phi) is 13.1. The van der Waals surface area contributed by atoms with Crippen molar-refractivity contribution in [3.8, 4) is 0 Å². The summed E-state index contributed by atoms with van der Waals surface area (Å²) in [5, 5.41) is 8.91. The van der Waals surface area contributed by atoms with Gasteiger partial charge in [0.25, 0.3) is 0 Å². The van der Waals surface area contributed by atoms with Gasteiger partial charge in [-0.15, -0.1) is 0 Å². The number of nitrogens with zero attached hydrogens (tertiary/aromatic N) is 1. The average Bonchev–Trinajstić information content (AvgIpc) is 3.60. The van der Waals surface area contributed by atoms with E-state index in [1.165, 1.54) is 13.3 Å². The van der Waals surface area contributed by atoms with Crippen molar-refractivity contribution in [3.05, 3.63) is 93.9 Å². The number of aliphatic hydroxyl groups excluding tert-OH is 1. The molecule has 4 rings (SSSR count). The number of rotatable bonds is 17. The van der Waals surface area contributed by atoms with Gasteiger partial charge in [-0.3, -0.25) is 9.59 Å². The lowest BCUT2D eigenvalue weighted by molar-refractivity contribution is -0.155. The molecule has 1 saturated heterocycles. The number of imide groups is 1. The van der Waals surface area contributed by atoms with E-state index in [0.717, 1.165) is 71.2 Å². The normalized spacial score (nSPS) is 16.0. The molecular weight excluding hydrogens is 626 g/mol. The van der Waals surface area contributed by atoms with Crippen LogP contribution in [0, 0.1) is 5.92 Å². The molecule has 2 amide bonds. The van der Waals surface area contributed by atoms with Crippen LogP contribution in [-0.2, 0) is 31.9 Å². The maximum Gasteiger partial charge on any atom is 0.417 e. The summed E-state index contributed by atoms with van der Waals surface area (Å²) in [6, 6.07) is 19.9. The number of aryl methyl sites for hydroxylation is 1. The van der Waals surface area contributed by atoms with Crippen LogP contribution in [0.4, 0.5) is 4.79 Å². The number of benzene rings is 2. The molecule has 0 spiro atoms. The van der Waals surface area contributed by atoms with Gasteiger partial charge >= 0.3 is 12.1 Å². The molecule has 1 aliphatic heterocycles. The van der Waals surface area contributed by atoms with E-state index in [9.17, 15) is 14.4 Å². The second-order valence-corrected chi connectivity index (χ2v) is 12.1. The number of carbonyl (C=O) groups is 3. The first-order valence-electron chi connectivity index (χ1n) is 15.5. The van der Waals surface area contributed by atoms with Crippen LogP contribution in [0.2, 0.25) is 0 Å². The van der Waals surface area contributed by atoms with Crippen LogP contribution in [0.15, 0.2) is 75.6 Å². The number of furan rings is 1. The van der Waals surface area contributed by atoms with Gasteiger partial charge in [0.1, 0.15) is 24.2 Å². The Morgan fingerprint density at radius 1 is 0.955 bits per heavy atom. The Hall–Kier alpha value is -3.43. The Bertz CT molecular complexity index is 1340. The number of hydrogen-bond donors (Lipinski definition) is 1. The smallest absolute Gasteiger partial charge is 0.417 e. The fourth-order valence-corrected chi connectivity index (χ4v) is 6.17. The summed E-state index contributed by atoms with van der Waals surface area (Å²) in [5.41, 5.74) is 1.64. The minimum Gasteiger partial charge on any atom is -0.461 e. The van der Waals surface area contributed by atoms with E-state index < -0.39 is 36.0 Å². The lowest BCUT2D eigenvalue weighted by Gasteiger charge is -2.29. The topological polar surface area (TPSA) is 106 Å². The van der Waals surface area contributed by atoms with E-state index in [0.29, 0.717) is 12.2 Å². The summed E-state index contributed by atoms with van der Waals surface area (Å²) < 4.78 is 18.2. The Morgan fingerprint density at radius 2 is 1.57 bits per heavy atom. The molecule has 0 aliphatic carbocycles. The fraction of sp³-hybridized carbons (Fsp3) is 0.457. The van der Waals surface area contributed by atoms with Gasteiger partial charge < -0.3 is 19.0 Å². The van der Waals surface area contributed by atoms with Gasteiger partial charge in [0, 0.05) is 20.0 Å². The van der Waals surface area contributed by atoms with Crippen LogP contribution in [0.1, 0.15) is 93.1 Å². The highest BCUT2D eigenvalue weighted by Crippen LogP contribution is 2.38. The molecule has 8 nitrogen and oxygen atoms in total. The quantitative estimate of drug-likeness (QED) is 0.115. The number of amides is 2. The largest absolute Gasteiger partial charge is 0.461 e. The maximum atomic E-state index is 14.4. The number of hydrogen-bond acceptors (Lipinski definition) is 7. The van der Waals surface area contributed by atoms with Gasteiger partial charge in [0.15, 0.2) is 6.10 Å². The minimum atomic E-state index is -1.06. The van der Waals surface area contributed by atoms with Crippen molar-refractivity contribution < 1.29 is 33.4 Å². The molecule has 0 bridgehead atoms. The molecule has 44 heavy (non-hydrogen) atoms. The van der Waals surface area contributed by atoms with E-state index in [1.807, 2.05) is 60.7 Å². The second kappa shape index (κ2) is 17.2. The van der Waals surface area contributed by atoms with E-state index in [4.69, 9.17) is 19.0 Å². The molecule has 3 aromatic rings. The zero-order valence-corrected chi connectivity index (χ0v) is 26.9. The van der Waals surface area contributed by atoms with Crippen LogP contribution in [0.3, 0.4) is 0 Å². The van der Waals surface area contributed by atoms with E-state index in [2.05, 4.69) is 15.9 Å². The lowest BCUT2D eigenvalue weighted by atomic mass is 9.90. The van der Waals surface area contributed by atoms with Gasteiger partial charge in [-0.25, -0.2) is 9.69 Å². The summed E-state index contributed by atoms with van der Waals surface area (Å²) in [4.78, 5) is 40.9. The van der Waals surface area contributed by atoms with Crippen molar-refractivity contribution in [3.63, 3.8) is 0 Å². The van der Waals surface area contributed by atoms with Gasteiger partial charge in [-0.1, -0.05) is 99.2 Å². The van der Waals surface area contributed by atoms with Gasteiger partial charge in [-0.2, -0.15) is 0 Å². The molecule has 2 aromatic carbocycles. The van der Waals surface area contributed by atoms with Crippen molar-refractivity contribution in [2.45, 2.75) is 83.3 Å². The molecule has 9 heteroatoms. The molecule has 1 aromatic heterocycles. The molecule has 3 atom stereocenters. The molecule has 1 aliphatic rings. The standard InChI is InChI=1S/C35H42BrNO7/c1-25(39)43-33(32-23-29(36)31(44-32)20-14-6-4-2-3-5-7-15-21-38)28(22-26-16-10-8-11-17-26)34(40)37-30(24-42-35(37)41)27-18-12-9-13-19-27/h8-13,16-19,23,28,30,33,38H,2-7,14-15,20-22,24H2,1H3. The first-order chi connectivity index (χ1) is 21.4. The molecule has 1 N–H and O–H groups in total. The van der Waals surface area contributed by atoms with Crippen LogP contribution >= 0.6 is 15.9 Å². The van der Waals surface area contributed by atoms with Crippen molar-refractivity contribution in [1.29, 1.82) is 0 Å². The third kappa shape index (κ3) is 9.29. The molecule has 2 heterocycles. The van der Waals surface area contributed by atoms with Gasteiger partial charge in [0.2, 0.25) is 5.91 Å². The highest BCUT2D eigenvalue weighted by Gasteiger charge is 2.46. The van der Waals surface area contributed by atoms with Crippen molar-refractivity contribution in [2.75, 3.05) is 13.2 Å². The summed E-state index contributed by atoms with van der Waals surface area (Å²) in [6.45, 7) is 1.61. The Morgan fingerprint density at radius 3 is 2.20 bits per heavy atom. The number of esters is 1. The van der Waals surface area contributed by atoms with Gasteiger partial charge in [-0.05, 0) is 52.4 Å². The number of halogens is 1. The summed E-state index contributed by atoms with van der Waals surface area (Å²) in [7, 11) is 0. The molecule has 0 radical (unpaired) electrons. The molecule has 236 valence electrons. The van der Waals surface area contributed by atoms with E-state index in [1.54, 1.807) is 6.07 Å². The van der Waals surface area contributed by atoms with Crippen molar-refractivity contribution in [1.82, 2.24) is 4.90 Å². The number of aliphatic hydroxyl groups is 1. The first-order valence-corrected chi connectivity index (χ1v) is 16.3. The number of ether oxygens (including phenoxy) is 2. The van der Waals surface area contributed by atoms with Gasteiger partial charge in [0.05, 0.1) is 10.4 Å². The number of carbonyl (C=O) groups excluding carboxylic acids is 3.